The molecule has 0 saturated carbocycles. The van der Waals surface area contributed by atoms with E-state index >= 15 is 0 Å². The molecule has 1 aliphatic rings. The van der Waals surface area contributed by atoms with Gasteiger partial charge in [-0.05, 0) is 38.1 Å². The normalized spacial score (nSPS) is 16.1. The van der Waals surface area contributed by atoms with Gasteiger partial charge in [0.05, 0.1) is 0 Å². The first kappa shape index (κ1) is 22.0. The molecule has 2 N–H and O–H groups in total. The number of nitrogens with one attached hydrogen (secondary N) is 2. The molecule has 0 aliphatic carbocycles. The van der Waals surface area contributed by atoms with E-state index in [1.54, 1.807) is 41.3 Å². The van der Waals surface area contributed by atoms with Gasteiger partial charge in [-0.1, -0.05) is 18.2 Å². The van der Waals surface area contributed by atoms with Crippen LogP contribution in [0.25, 0.3) is 0 Å². The van der Waals surface area contributed by atoms with Gasteiger partial charge in [-0.25, -0.2) is 0 Å². The number of carbonyl (C=O) groups excluding carboxylic acids is 1. The molecule has 0 bridgehead atoms. The minimum absolute atomic E-state index is 0. The lowest BCUT2D eigenvalue weighted by atomic mass is 9.87. The van der Waals surface area contributed by atoms with Crippen LogP contribution in [0.5, 0.6) is 5.75 Å². The molecule has 0 radical (unpaired) electrons. The first-order valence-corrected chi connectivity index (χ1v) is 8.67. The van der Waals surface area contributed by atoms with Crippen molar-refractivity contribution >= 4 is 18.3 Å². The molecule has 0 atom stereocenters. The molecule has 6 nitrogen and oxygen atoms in total. The fourth-order valence-corrected chi connectivity index (χ4v) is 3.21. The van der Waals surface area contributed by atoms with Crippen LogP contribution in [-0.2, 0) is 16.9 Å². The summed E-state index contributed by atoms with van der Waals surface area (Å²) < 4.78 is 43.8. The van der Waals surface area contributed by atoms with E-state index in [-0.39, 0.29) is 30.6 Å². The molecule has 28 heavy (non-hydrogen) atoms. The lowest BCUT2D eigenvalue weighted by Gasteiger charge is -2.36. The SMILES string of the molecule is Cl.O=C(NCc1ccccc1OCC(F)(F)F)C1(n2cccn2)CCNCC1. The second-order valence-electron chi connectivity index (χ2n) is 6.43. The van der Waals surface area contributed by atoms with E-state index in [4.69, 9.17) is 4.74 Å². The number of nitrogens with zero attached hydrogens (tertiary/aromatic N) is 2. The summed E-state index contributed by atoms with van der Waals surface area (Å²) in [6.07, 6.45) is 0.109. The summed E-state index contributed by atoms with van der Waals surface area (Å²) in [7, 11) is 0. The third-order valence-electron chi connectivity index (χ3n) is 4.60. The van der Waals surface area contributed by atoms with E-state index in [9.17, 15) is 18.0 Å². The van der Waals surface area contributed by atoms with E-state index in [1.807, 2.05) is 0 Å². The van der Waals surface area contributed by atoms with Gasteiger partial charge in [0.2, 0.25) is 5.91 Å². The zero-order valence-electron chi connectivity index (χ0n) is 15.0. The maximum absolute atomic E-state index is 13.0. The summed E-state index contributed by atoms with van der Waals surface area (Å²) in [6, 6.07) is 8.14. The molecule has 1 aliphatic heterocycles. The number of alkyl halides is 3. The number of carbonyl (C=O) groups is 1. The second-order valence-corrected chi connectivity index (χ2v) is 6.43. The monoisotopic (exact) mass is 418 g/mol. The highest BCUT2D eigenvalue weighted by molar-refractivity contribution is 5.85. The van der Waals surface area contributed by atoms with Crippen molar-refractivity contribution in [2.24, 2.45) is 0 Å². The molecule has 1 amide bonds. The summed E-state index contributed by atoms with van der Waals surface area (Å²) in [5, 5.41) is 10.3. The molecular weight excluding hydrogens is 397 g/mol. The van der Waals surface area contributed by atoms with Crippen molar-refractivity contribution in [1.82, 2.24) is 20.4 Å². The number of aromatic nitrogens is 2. The Morgan fingerprint density at radius 3 is 2.61 bits per heavy atom. The number of hydrogen-bond donors (Lipinski definition) is 2. The highest BCUT2D eigenvalue weighted by Gasteiger charge is 2.41. The molecule has 3 rings (SSSR count). The highest BCUT2D eigenvalue weighted by Crippen LogP contribution is 2.28. The third kappa shape index (κ3) is 5.17. The first-order valence-electron chi connectivity index (χ1n) is 8.67. The van der Waals surface area contributed by atoms with E-state index in [2.05, 4.69) is 15.7 Å². The number of ether oxygens (including phenoxy) is 1. The smallest absolute Gasteiger partial charge is 0.422 e. The Kier molecular flexibility index (Phi) is 7.31. The molecular formula is C18H22ClF3N4O2. The minimum atomic E-state index is -4.42. The van der Waals surface area contributed by atoms with Gasteiger partial charge < -0.3 is 15.4 Å². The Hall–Kier alpha value is -2.26. The number of hydrogen-bond acceptors (Lipinski definition) is 4. The summed E-state index contributed by atoms with van der Waals surface area (Å²) in [5.74, 6) is -0.105. The molecule has 154 valence electrons. The van der Waals surface area contributed by atoms with Crippen LogP contribution in [0.4, 0.5) is 13.2 Å². The van der Waals surface area contributed by atoms with E-state index in [0.717, 1.165) is 0 Å². The van der Waals surface area contributed by atoms with E-state index < -0.39 is 18.3 Å². The minimum Gasteiger partial charge on any atom is -0.484 e. The fourth-order valence-electron chi connectivity index (χ4n) is 3.21. The molecule has 10 heteroatoms. The lowest BCUT2D eigenvalue weighted by Crippen LogP contribution is -2.54. The highest BCUT2D eigenvalue weighted by atomic mass is 35.5. The summed E-state index contributed by atoms with van der Waals surface area (Å²) in [6.45, 7) is 0.0568. The van der Waals surface area contributed by atoms with Crippen molar-refractivity contribution in [2.45, 2.75) is 31.1 Å². The number of halogens is 4. The predicted molar refractivity (Wildman–Crippen MR) is 99.4 cm³/mol. The molecule has 0 unspecified atom stereocenters. The lowest BCUT2D eigenvalue weighted by molar-refractivity contribution is -0.153. The second kappa shape index (κ2) is 9.29. The van der Waals surface area contributed by atoms with Crippen molar-refractivity contribution in [3.8, 4) is 5.75 Å². The number of benzene rings is 1. The zero-order valence-corrected chi connectivity index (χ0v) is 15.9. The van der Waals surface area contributed by atoms with Crippen molar-refractivity contribution in [3.63, 3.8) is 0 Å². The molecule has 2 aromatic rings. The Bertz CT molecular complexity index is 762. The maximum atomic E-state index is 13.0. The van der Waals surface area contributed by atoms with Gasteiger partial charge in [0, 0.05) is 24.5 Å². The predicted octanol–water partition coefficient (Wildman–Crippen LogP) is 2.64. The topological polar surface area (TPSA) is 68.2 Å². The van der Waals surface area contributed by atoms with Crippen LogP contribution in [0.3, 0.4) is 0 Å². The Labute approximate surface area is 166 Å². The first-order chi connectivity index (χ1) is 12.9. The Morgan fingerprint density at radius 2 is 1.96 bits per heavy atom. The van der Waals surface area contributed by atoms with Crippen LogP contribution < -0.4 is 15.4 Å². The average molecular weight is 419 g/mol. The van der Waals surface area contributed by atoms with Crippen LogP contribution in [0, 0.1) is 0 Å². The van der Waals surface area contributed by atoms with Gasteiger partial charge in [0.15, 0.2) is 6.61 Å². The number of amides is 1. The number of piperidine rings is 1. The van der Waals surface area contributed by atoms with Crippen molar-refractivity contribution < 1.29 is 22.7 Å². The van der Waals surface area contributed by atoms with Crippen LogP contribution in [0.1, 0.15) is 18.4 Å². The van der Waals surface area contributed by atoms with Crippen molar-refractivity contribution in [1.29, 1.82) is 0 Å². The van der Waals surface area contributed by atoms with Gasteiger partial charge in [-0.15, -0.1) is 12.4 Å². The van der Waals surface area contributed by atoms with E-state index in [1.165, 1.54) is 6.07 Å². The summed E-state index contributed by atoms with van der Waals surface area (Å²) >= 11 is 0. The quantitative estimate of drug-likeness (QED) is 0.756. The maximum Gasteiger partial charge on any atom is 0.422 e. The fraction of sp³-hybridized carbons (Fsp3) is 0.444. The molecule has 1 fully saturated rings. The molecule has 0 spiro atoms. The zero-order chi connectivity index (χ0) is 19.3. The van der Waals surface area contributed by atoms with Crippen LogP contribution >= 0.6 is 12.4 Å². The van der Waals surface area contributed by atoms with Gasteiger partial charge in [-0.2, -0.15) is 18.3 Å². The summed E-state index contributed by atoms with van der Waals surface area (Å²) in [5.41, 5.74) is -0.323. The molecule has 1 aromatic carbocycles. The Morgan fingerprint density at radius 1 is 1.25 bits per heavy atom. The van der Waals surface area contributed by atoms with Gasteiger partial charge in [0.1, 0.15) is 11.3 Å². The largest absolute Gasteiger partial charge is 0.484 e. The van der Waals surface area contributed by atoms with Crippen molar-refractivity contribution in [3.05, 3.63) is 48.3 Å². The van der Waals surface area contributed by atoms with Crippen LogP contribution in [-0.4, -0.2) is 41.6 Å². The van der Waals surface area contributed by atoms with Crippen LogP contribution in [0.15, 0.2) is 42.7 Å². The molecule has 2 heterocycles. The molecule has 1 aromatic heterocycles. The van der Waals surface area contributed by atoms with Crippen molar-refractivity contribution in [2.75, 3.05) is 19.7 Å². The Balaban J connectivity index is 0.00000280. The third-order valence-corrected chi connectivity index (χ3v) is 4.60. The van der Waals surface area contributed by atoms with Gasteiger partial charge >= 0.3 is 6.18 Å². The van der Waals surface area contributed by atoms with Crippen LogP contribution in [0.2, 0.25) is 0 Å². The number of rotatable bonds is 6. The van der Waals surface area contributed by atoms with Gasteiger partial charge in [-0.3, -0.25) is 9.48 Å². The molecule has 1 saturated heterocycles. The average Bonchev–Trinajstić information content (AvgIpc) is 3.20. The number of para-hydroxylation sites is 1. The summed E-state index contributed by atoms with van der Waals surface area (Å²) in [4.78, 5) is 13.0. The van der Waals surface area contributed by atoms with E-state index in [0.29, 0.717) is 31.5 Å². The van der Waals surface area contributed by atoms with Gasteiger partial charge in [0.25, 0.3) is 0 Å². The standard InChI is InChI=1S/C18H21F3N4O2.ClH/c19-18(20,21)13-27-15-5-2-1-4-14(15)12-23-16(26)17(6-9-22-10-7-17)25-11-3-8-24-25;/h1-5,8,11,22H,6-7,9-10,12-13H2,(H,23,26);1H.